The Kier molecular flexibility index (Phi) is 4.24. The zero-order valence-electron chi connectivity index (χ0n) is 12.3. The summed E-state index contributed by atoms with van der Waals surface area (Å²) in [6, 6.07) is -0.0716. The molecule has 106 valence electrons. The first-order valence-corrected chi connectivity index (χ1v) is 7.07. The van der Waals surface area contributed by atoms with Gasteiger partial charge in [0, 0.05) is 7.05 Å². The SMILES string of the molecule is CCC1CCNC(C(=O)Nc2c(C)nn(C)c2C)C1. The number of aromatic nitrogens is 2. The molecule has 5 heteroatoms. The number of hydrogen-bond donors (Lipinski definition) is 2. The van der Waals surface area contributed by atoms with Crippen molar-refractivity contribution in [1.82, 2.24) is 15.1 Å². The third-order valence-corrected chi connectivity index (χ3v) is 4.16. The minimum Gasteiger partial charge on any atom is -0.322 e. The van der Waals surface area contributed by atoms with Gasteiger partial charge in [-0.2, -0.15) is 5.10 Å². The van der Waals surface area contributed by atoms with Crippen molar-refractivity contribution in [2.24, 2.45) is 13.0 Å². The smallest absolute Gasteiger partial charge is 0.241 e. The Morgan fingerprint density at radius 3 is 2.84 bits per heavy atom. The topological polar surface area (TPSA) is 59.0 Å². The van der Waals surface area contributed by atoms with Gasteiger partial charge in [0.05, 0.1) is 23.1 Å². The molecule has 1 aromatic rings. The van der Waals surface area contributed by atoms with Crippen molar-refractivity contribution in [3.63, 3.8) is 0 Å². The predicted octanol–water partition coefficient (Wildman–Crippen LogP) is 1.75. The van der Waals surface area contributed by atoms with Crippen LogP contribution in [0.3, 0.4) is 0 Å². The van der Waals surface area contributed by atoms with Crippen LogP contribution < -0.4 is 10.6 Å². The van der Waals surface area contributed by atoms with E-state index in [4.69, 9.17) is 0 Å². The molecule has 0 saturated carbocycles. The number of aryl methyl sites for hydroxylation is 2. The van der Waals surface area contributed by atoms with Crippen LogP contribution >= 0.6 is 0 Å². The summed E-state index contributed by atoms with van der Waals surface area (Å²) in [5.41, 5.74) is 2.72. The quantitative estimate of drug-likeness (QED) is 0.874. The van der Waals surface area contributed by atoms with Crippen molar-refractivity contribution < 1.29 is 4.79 Å². The van der Waals surface area contributed by atoms with Gasteiger partial charge < -0.3 is 10.6 Å². The van der Waals surface area contributed by atoms with Crippen LogP contribution in [0.2, 0.25) is 0 Å². The second kappa shape index (κ2) is 5.74. The standard InChI is InChI=1S/C14H24N4O/c1-5-11-6-7-15-12(8-11)14(19)16-13-9(2)17-18(4)10(13)3/h11-12,15H,5-8H2,1-4H3,(H,16,19). The second-order valence-corrected chi connectivity index (χ2v) is 5.46. The fraction of sp³-hybridized carbons (Fsp3) is 0.714. The molecule has 0 spiro atoms. The Morgan fingerprint density at radius 2 is 2.26 bits per heavy atom. The molecule has 2 N–H and O–H groups in total. The van der Waals surface area contributed by atoms with E-state index < -0.39 is 0 Å². The van der Waals surface area contributed by atoms with Crippen LogP contribution in [0.4, 0.5) is 5.69 Å². The maximum Gasteiger partial charge on any atom is 0.241 e. The molecule has 5 nitrogen and oxygen atoms in total. The van der Waals surface area contributed by atoms with Crippen LogP contribution in [0.1, 0.15) is 37.6 Å². The average Bonchev–Trinajstić information content (AvgIpc) is 2.65. The van der Waals surface area contributed by atoms with Crippen molar-refractivity contribution >= 4 is 11.6 Å². The van der Waals surface area contributed by atoms with E-state index in [1.807, 2.05) is 20.9 Å². The fourth-order valence-corrected chi connectivity index (χ4v) is 2.73. The summed E-state index contributed by atoms with van der Waals surface area (Å²) in [6.45, 7) is 7.02. The van der Waals surface area contributed by atoms with Crippen molar-refractivity contribution in [1.29, 1.82) is 0 Å². The molecule has 2 heterocycles. The lowest BCUT2D eigenvalue weighted by molar-refractivity contribution is -0.119. The Bertz CT molecular complexity index is 466. The van der Waals surface area contributed by atoms with E-state index in [0.717, 1.165) is 36.5 Å². The normalized spacial score (nSPS) is 23.4. The molecule has 0 radical (unpaired) electrons. The number of amides is 1. The van der Waals surface area contributed by atoms with Crippen molar-refractivity contribution in [3.8, 4) is 0 Å². The van der Waals surface area contributed by atoms with Gasteiger partial charge in [-0.25, -0.2) is 0 Å². The van der Waals surface area contributed by atoms with E-state index in [2.05, 4.69) is 22.7 Å². The molecular formula is C14H24N4O. The monoisotopic (exact) mass is 264 g/mol. The first-order valence-electron chi connectivity index (χ1n) is 7.07. The van der Waals surface area contributed by atoms with E-state index in [1.165, 1.54) is 6.42 Å². The number of nitrogens with one attached hydrogen (secondary N) is 2. The Hall–Kier alpha value is -1.36. The first kappa shape index (κ1) is 14.1. The molecule has 1 fully saturated rings. The number of anilines is 1. The largest absolute Gasteiger partial charge is 0.322 e. The number of carbonyl (C=O) groups excluding carboxylic acids is 1. The molecule has 1 aromatic heterocycles. The van der Waals surface area contributed by atoms with Crippen LogP contribution in [0.5, 0.6) is 0 Å². The fourth-order valence-electron chi connectivity index (χ4n) is 2.73. The van der Waals surface area contributed by atoms with E-state index in [9.17, 15) is 4.79 Å². The number of hydrogen-bond acceptors (Lipinski definition) is 3. The van der Waals surface area contributed by atoms with Gasteiger partial charge >= 0.3 is 0 Å². The van der Waals surface area contributed by atoms with Gasteiger partial charge in [-0.05, 0) is 39.2 Å². The number of rotatable bonds is 3. The maximum atomic E-state index is 12.3. The molecule has 2 atom stereocenters. The van der Waals surface area contributed by atoms with Gasteiger partial charge in [-0.1, -0.05) is 13.3 Å². The third-order valence-electron chi connectivity index (χ3n) is 4.16. The summed E-state index contributed by atoms with van der Waals surface area (Å²) in [6.07, 6.45) is 3.25. The highest BCUT2D eigenvalue weighted by molar-refractivity contribution is 5.95. The van der Waals surface area contributed by atoms with Crippen molar-refractivity contribution in [2.75, 3.05) is 11.9 Å². The molecule has 1 aliphatic heterocycles. The molecule has 19 heavy (non-hydrogen) atoms. The Balaban J connectivity index is 2.04. The van der Waals surface area contributed by atoms with Gasteiger partial charge in [0.25, 0.3) is 0 Å². The molecule has 0 aliphatic carbocycles. The second-order valence-electron chi connectivity index (χ2n) is 5.46. The maximum absolute atomic E-state index is 12.3. The van der Waals surface area contributed by atoms with Crippen molar-refractivity contribution in [2.45, 2.75) is 46.1 Å². The summed E-state index contributed by atoms with van der Waals surface area (Å²) < 4.78 is 1.80. The van der Waals surface area contributed by atoms with E-state index in [1.54, 1.807) is 4.68 Å². The Labute approximate surface area is 114 Å². The van der Waals surface area contributed by atoms with Gasteiger partial charge in [0.2, 0.25) is 5.91 Å². The van der Waals surface area contributed by atoms with E-state index in [-0.39, 0.29) is 11.9 Å². The van der Waals surface area contributed by atoms with Gasteiger partial charge in [-0.3, -0.25) is 9.48 Å². The summed E-state index contributed by atoms with van der Waals surface area (Å²) in [5, 5.41) is 10.7. The molecule has 1 saturated heterocycles. The lowest BCUT2D eigenvalue weighted by Gasteiger charge is -2.28. The number of piperidine rings is 1. The molecular weight excluding hydrogens is 240 g/mol. The predicted molar refractivity (Wildman–Crippen MR) is 76.1 cm³/mol. The van der Waals surface area contributed by atoms with Crippen LogP contribution in [-0.2, 0) is 11.8 Å². The third kappa shape index (κ3) is 2.97. The summed E-state index contributed by atoms with van der Waals surface area (Å²) in [5.74, 6) is 0.727. The number of carbonyl (C=O) groups is 1. The highest BCUT2D eigenvalue weighted by Gasteiger charge is 2.26. The first-order chi connectivity index (χ1) is 9.02. The lowest BCUT2D eigenvalue weighted by Crippen LogP contribution is -2.46. The average molecular weight is 264 g/mol. The van der Waals surface area contributed by atoms with Crippen LogP contribution in [0, 0.1) is 19.8 Å². The summed E-state index contributed by atoms with van der Waals surface area (Å²) in [7, 11) is 1.89. The van der Waals surface area contributed by atoms with Gasteiger partial charge in [0.1, 0.15) is 0 Å². The molecule has 2 rings (SSSR count). The summed E-state index contributed by atoms with van der Waals surface area (Å²) >= 11 is 0. The minimum absolute atomic E-state index is 0.0670. The lowest BCUT2D eigenvalue weighted by atomic mass is 9.90. The van der Waals surface area contributed by atoms with Crippen LogP contribution in [-0.4, -0.2) is 28.3 Å². The highest BCUT2D eigenvalue weighted by Crippen LogP contribution is 2.22. The van der Waals surface area contributed by atoms with Crippen molar-refractivity contribution in [3.05, 3.63) is 11.4 Å². The molecule has 0 bridgehead atoms. The molecule has 2 unspecified atom stereocenters. The summed E-state index contributed by atoms with van der Waals surface area (Å²) in [4.78, 5) is 12.3. The van der Waals surface area contributed by atoms with E-state index in [0.29, 0.717) is 5.92 Å². The zero-order chi connectivity index (χ0) is 14.0. The van der Waals surface area contributed by atoms with Gasteiger partial charge in [-0.15, -0.1) is 0 Å². The van der Waals surface area contributed by atoms with E-state index >= 15 is 0 Å². The number of nitrogens with zero attached hydrogens (tertiary/aromatic N) is 2. The minimum atomic E-state index is -0.0716. The highest BCUT2D eigenvalue weighted by atomic mass is 16.2. The van der Waals surface area contributed by atoms with Gasteiger partial charge in [0.15, 0.2) is 0 Å². The van der Waals surface area contributed by atoms with Crippen LogP contribution in [0.15, 0.2) is 0 Å². The molecule has 1 aliphatic rings. The molecule has 1 amide bonds. The van der Waals surface area contributed by atoms with Crippen LogP contribution in [0.25, 0.3) is 0 Å². The molecule has 0 aromatic carbocycles. The zero-order valence-corrected chi connectivity index (χ0v) is 12.3. The Morgan fingerprint density at radius 1 is 1.53 bits per heavy atom.